The van der Waals surface area contributed by atoms with Gasteiger partial charge in [0, 0.05) is 0 Å². The Morgan fingerprint density at radius 3 is 1.64 bits per heavy atom. The normalized spacial score (nSPS) is 10.7. The minimum Gasteiger partial charge on any atom is -0.207 e. The number of rotatable bonds is 2. The molecule has 0 amide bonds. The van der Waals surface area contributed by atoms with Crippen LogP contribution in [0.15, 0.2) is 60.7 Å². The lowest BCUT2D eigenvalue weighted by Crippen LogP contribution is -1.92. The molecule has 3 rings (SSSR count). The van der Waals surface area contributed by atoms with Crippen LogP contribution in [0.3, 0.4) is 0 Å². The molecule has 3 aromatic rings. The minimum atomic E-state index is -0.665. The van der Waals surface area contributed by atoms with Crippen LogP contribution in [0.25, 0.3) is 22.3 Å². The molecule has 3 aromatic carbocycles. The average molecular weight is 298 g/mol. The fourth-order valence-corrected chi connectivity index (χ4v) is 2.38. The van der Waals surface area contributed by atoms with Gasteiger partial charge in [0.2, 0.25) is 0 Å². The van der Waals surface area contributed by atoms with Gasteiger partial charge in [0.05, 0.1) is 5.56 Å². The van der Waals surface area contributed by atoms with Crippen molar-refractivity contribution in [2.75, 3.05) is 0 Å². The molecule has 0 atom stereocenters. The molecule has 3 heteroatoms. The van der Waals surface area contributed by atoms with E-state index in [0.717, 1.165) is 11.1 Å². The first kappa shape index (κ1) is 14.4. The third kappa shape index (κ3) is 2.75. The monoisotopic (exact) mass is 298 g/mol. The maximum Gasteiger partial charge on any atom is 0.134 e. The van der Waals surface area contributed by atoms with Crippen LogP contribution < -0.4 is 0 Å². The van der Waals surface area contributed by atoms with Crippen molar-refractivity contribution in [1.29, 1.82) is 0 Å². The van der Waals surface area contributed by atoms with Gasteiger partial charge < -0.3 is 0 Å². The number of aryl methyl sites for hydroxylation is 1. The lowest BCUT2D eigenvalue weighted by molar-refractivity contribution is 0.590. The van der Waals surface area contributed by atoms with E-state index in [2.05, 4.69) is 0 Å². The van der Waals surface area contributed by atoms with Gasteiger partial charge >= 0.3 is 0 Å². The molecule has 0 heterocycles. The van der Waals surface area contributed by atoms with Crippen molar-refractivity contribution < 1.29 is 13.2 Å². The molecule has 0 radical (unpaired) electrons. The van der Waals surface area contributed by atoms with E-state index < -0.39 is 17.5 Å². The SMILES string of the molecule is Cc1ccc(-c2cc(F)c(-c3ccc(F)cc3)c(F)c2)cc1. The summed E-state index contributed by atoms with van der Waals surface area (Å²) in [6.07, 6.45) is 0. The topological polar surface area (TPSA) is 0 Å². The highest BCUT2D eigenvalue weighted by Gasteiger charge is 2.14. The molecule has 0 nitrogen and oxygen atoms in total. The van der Waals surface area contributed by atoms with Crippen LogP contribution >= 0.6 is 0 Å². The second-order valence-electron chi connectivity index (χ2n) is 5.19. The highest BCUT2D eigenvalue weighted by Crippen LogP contribution is 2.31. The van der Waals surface area contributed by atoms with Crippen molar-refractivity contribution in [3.8, 4) is 22.3 Å². The van der Waals surface area contributed by atoms with Crippen molar-refractivity contribution in [3.63, 3.8) is 0 Å². The summed E-state index contributed by atoms with van der Waals surface area (Å²) in [6, 6.07) is 15.1. The van der Waals surface area contributed by atoms with Gasteiger partial charge in [-0.05, 0) is 47.9 Å². The van der Waals surface area contributed by atoms with Gasteiger partial charge in [-0.25, -0.2) is 13.2 Å². The fraction of sp³-hybridized carbons (Fsp3) is 0.0526. The Morgan fingerprint density at radius 2 is 1.09 bits per heavy atom. The highest BCUT2D eigenvalue weighted by molar-refractivity contribution is 5.71. The fourth-order valence-electron chi connectivity index (χ4n) is 2.38. The maximum absolute atomic E-state index is 14.3. The second kappa shape index (κ2) is 5.68. The van der Waals surface area contributed by atoms with E-state index in [-0.39, 0.29) is 5.56 Å². The Morgan fingerprint density at radius 1 is 0.591 bits per heavy atom. The molecule has 0 aliphatic heterocycles. The predicted octanol–water partition coefficient (Wildman–Crippen LogP) is 5.75. The number of benzene rings is 3. The van der Waals surface area contributed by atoms with E-state index >= 15 is 0 Å². The molecule has 0 saturated carbocycles. The molecular weight excluding hydrogens is 285 g/mol. The van der Waals surface area contributed by atoms with Gasteiger partial charge in [0.15, 0.2) is 0 Å². The molecule has 0 aliphatic carbocycles. The van der Waals surface area contributed by atoms with Gasteiger partial charge in [-0.3, -0.25) is 0 Å². The number of halogens is 3. The van der Waals surface area contributed by atoms with Crippen LogP contribution in [0.2, 0.25) is 0 Å². The molecule has 0 aliphatic rings. The smallest absolute Gasteiger partial charge is 0.134 e. The van der Waals surface area contributed by atoms with E-state index in [9.17, 15) is 13.2 Å². The predicted molar refractivity (Wildman–Crippen MR) is 81.9 cm³/mol. The summed E-state index contributed by atoms with van der Waals surface area (Å²) >= 11 is 0. The van der Waals surface area contributed by atoms with Crippen LogP contribution in [0.1, 0.15) is 5.56 Å². The first-order chi connectivity index (χ1) is 10.5. The Labute approximate surface area is 126 Å². The molecule has 110 valence electrons. The Hall–Kier alpha value is -2.55. The second-order valence-corrected chi connectivity index (χ2v) is 5.19. The van der Waals surface area contributed by atoms with Crippen molar-refractivity contribution in [3.05, 3.63) is 83.7 Å². The Balaban J connectivity index is 2.08. The van der Waals surface area contributed by atoms with Crippen molar-refractivity contribution in [2.24, 2.45) is 0 Å². The van der Waals surface area contributed by atoms with Gasteiger partial charge in [0.1, 0.15) is 17.5 Å². The van der Waals surface area contributed by atoms with E-state index in [1.165, 1.54) is 36.4 Å². The summed E-state index contributed by atoms with van der Waals surface area (Å²) < 4.78 is 41.6. The third-order valence-electron chi connectivity index (χ3n) is 3.56. The zero-order valence-electron chi connectivity index (χ0n) is 11.9. The van der Waals surface area contributed by atoms with Crippen molar-refractivity contribution in [2.45, 2.75) is 6.92 Å². The maximum atomic E-state index is 14.3. The number of hydrogen-bond acceptors (Lipinski definition) is 0. The summed E-state index contributed by atoms with van der Waals surface area (Å²) in [6.45, 7) is 1.95. The van der Waals surface area contributed by atoms with Crippen LogP contribution in [-0.2, 0) is 0 Å². The quantitative estimate of drug-likeness (QED) is 0.565. The third-order valence-corrected chi connectivity index (χ3v) is 3.56. The molecule has 0 N–H and O–H groups in total. The van der Waals surface area contributed by atoms with E-state index in [0.29, 0.717) is 11.1 Å². The Kier molecular flexibility index (Phi) is 3.72. The van der Waals surface area contributed by atoms with E-state index in [4.69, 9.17) is 0 Å². The molecule has 0 bridgehead atoms. The standard InChI is InChI=1S/C19H13F3/c1-12-2-4-13(5-3-12)15-10-17(21)19(18(22)11-15)14-6-8-16(20)9-7-14/h2-11H,1H3. The van der Waals surface area contributed by atoms with Crippen LogP contribution in [0.4, 0.5) is 13.2 Å². The largest absolute Gasteiger partial charge is 0.207 e. The first-order valence-electron chi connectivity index (χ1n) is 6.86. The Bertz CT molecular complexity index is 780. The van der Waals surface area contributed by atoms with Gasteiger partial charge in [-0.1, -0.05) is 42.0 Å². The summed E-state index contributed by atoms with van der Waals surface area (Å²) in [4.78, 5) is 0. The zero-order chi connectivity index (χ0) is 15.7. The molecular formula is C19H13F3. The average Bonchev–Trinajstić information content (AvgIpc) is 2.49. The van der Waals surface area contributed by atoms with Crippen molar-refractivity contribution >= 4 is 0 Å². The minimum absolute atomic E-state index is 0.143. The van der Waals surface area contributed by atoms with Gasteiger partial charge in [-0.2, -0.15) is 0 Å². The molecule has 0 unspecified atom stereocenters. The van der Waals surface area contributed by atoms with Crippen molar-refractivity contribution in [1.82, 2.24) is 0 Å². The molecule has 0 fully saturated rings. The first-order valence-corrected chi connectivity index (χ1v) is 6.86. The van der Waals surface area contributed by atoms with Gasteiger partial charge in [0.25, 0.3) is 0 Å². The zero-order valence-corrected chi connectivity index (χ0v) is 11.9. The lowest BCUT2D eigenvalue weighted by atomic mass is 9.98. The summed E-state index contributed by atoms with van der Waals surface area (Å²) in [5.41, 5.74) is 2.46. The molecule has 22 heavy (non-hydrogen) atoms. The lowest BCUT2D eigenvalue weighted by Gasteiger charge is -2.09. The van der Waals surface area contributed by atoms with Crippen LogP contribution in [0, 0.1) is 24.4 Å². The van der Waals surface area contributed by atoms with Crippen LogP contribution in [0.5, 0.6) is 0 Å². The van der Waals surface area contributed by atoms with Gasteiger partial charge in [-0.15, -0.1) is 0 Å². The molecule has 0 spiro atoms. The summed E-state index contributed by atoms with van der Waals surface area (Å²) in [5.74, 6) is -1.77. The van der Waals surface area contributed by atoms with Crippen LogP contribution in [-0.4, -0.2) is 0 Å². The summed E-state index contributed by atoms with van der Waals surface area (Å²) in [7, 11) is 0. The van der Waals surface area contributed by atoms with E-state index in [1.54, 1.807) is 0 Å². The molecule has 0 aromatic heterocycles. The molecule has 0 saturated heterocycles. The highest BCUT2D eigenvalue weighted by atomic mass is 19.1. The number of hydrogen-bond donors (Lipinski definition) is 0. The van der Waals surface area contributed by atoms with E-state index in [1.807, 2.05) is 31.2 Å². The summed E-state index contributed by atoms with van der Waals surface area (Å²) in [5, 5.41) is 0.